The van der Waals surface area contributed by atoms with E-state index in [1.165, 1.54) is 49.5 Å². The second-order valence-corrected chi connectivity index (χ2v) is 13.3. The summed E-state index contributed by atoms with van der Waals surface area (Å²) in [6.45, 7) is 6.42. The number of sulfonamides is 1. The molecule has 0 bridgehead atoms. The van der Waals surface area contributed by atoms with E-state index in [0.717, 1.165) is 26.5 Å². The van der Waals surface area contributed by atoms with Gasteiger partial charge in [0.2, 0.25) is 11.8 Å². The van der Waals surface area contributed by atoms with E-state index in [0.29, 0.717) is 5.75 Å². The molecule has 3 aromatic rings. The molecule has 0 spiro atoms. The number of methoxy groups -OCH3 is 2. The molecule has 0 saturated heterocycles. The maximum absolute atomic E-state index is 14.0. The van der Waals surface area contributed by atoms with Crippen LogP contribution in [0, 0.1) is 5.82 Å². The summed E-state index contributed by atoms with van der Waals surface area (Å²) in [7, 11) is -1.59. The van der Waals surface area contributed by atoms with Crippen LogP contribution < -0.4 is 19.1 Å². The molecule has 0 fully saturated rings. The number of anilines is 1. The van der Waals surface area contributed by atoms with Gasteiger partial charge in [0.25, 0.3) is 10.0 Å². The average molecular weight is 665 g/mol. The summed E-state index contributed by atoms with van der Waals surface area (Å²) in [5.41, 5.74) is 0.227. The fraction of sp³-hybridized carbons (Fsp3) is 0.333. The van der Waals surface area contributed by atoms with Crippen LogP contribution >= 0.6 is 15.9 Å². The molecule has 0 radical (unpaired) electrons. The molecule has 226 valence electrons. The molecule has 0 aliphatic heterocycles. The SMILES string of the molecule is COc1ccc(S(=O)(=O)N(CC(=O)N(Cc2cccc(Br)c2)[C@@H](C)C(=O)NC(C)(C)C)c2ccc(F)cc2)cc1OC. The Morgan fingerprint density at radius 2 is 1.62 bits per heavy atom. The standard InChI is InChI=1S/C30H35BrFN3O6S/c1-20(29(37)33-30(2,3)4)34(18-21-8-7-9-22(31)16-21)28(36)19-35(24-12-10-23(32)11-13-24)42(38,39)25-14-15-26(40-5)27(17-25)41-6/h7-17,20H,18-19H2,1-6H3,(H,33,37)/t20-/m0/s1. The quantitative estimate of drug-likeness (QED) is 0.305. The van der Waals surface area contributed by atoms with Gasteiger partial charge in [-0.1, -0.05) is 28.1 Å². The van der Waals surface area contributed by atoms with E-state index in [2.05, 4.69) is 21.2 Å². The first-order valence-corrected chi connectivity index (χ1v) is 15.3. The van der Waals surface area contributed by atoms with Gasteiger partial charge in [-0.15, -0.1) is 0 Å². The Labute approximate surface area is 254 Å². The van der Waals surface area contributed by atoms with Gasteiger partial charge in [-0.25, -0.2) is 12.8 Å². The molecule has 0 aromatic heterocycles. The minimum atomic E-state index is -4.39. The fourth-order valence-corrected chi connectivity index (χ4v) is 6.01. The van der Waals surface area contributed by atoms with Crippen LogP contribution in [-0.2, 0) is 26.2 Å². The van der Waals surface area contributed by atoms with Crippen molar-refractivity contribution in [1.82, 2.24) is 10.2 Å². The van der Waals surface area contributed by atoms with Crippen molar-refractivity contribution in [3.8, 4) is 11.5 Å². The summed E-state index contributed by atoms with van der Waals surface area (Å²) >= 11 is 3.43. The minimum absolute atomic E-state index is 0.0324. The largest absolute Gasteiger partial charge is 0.493 e. The fourth-order valence-electron chi connectivity index (χ4n) is 4.13. The number of nitrogens with zero attached hydrogens (tertiary/aromatic N) is 2. The molecular formula is C30H35BrFN3O6S. The van der Waals surface area contributed by atoms with Gasteiger partial charge >= 0.3 is 0 Å². The number of hydrogen-bond donors (Lipinski definition) is 1. The van der Waals surface area contributed by atoms with Crippen LogP contribution in [0.1, 0.15) is 33.3 Å². The Morgan fingerprint density at radius 1 is 0.976 bits per heavy atom. The molecule has 3 rings (SSSR count). The molecule has 2 amide bonds. The van der Waals surface area contributed by atoms with Crippen molar-refractivity contribution in [2.45, 2.75) is 50.7 Å². The zero-order chi connectivity index (χ0) is 31.2. The summed E-state index contributed by atoms with van der Waals surface area (Å²) in [5, 5.41) is 2.88. The van der Waals surface area contributed by atoms with Gasteiger partial charge in [-0.2, -0.15) is 0 Å². The number of hydrogen-bond acceptors (Lipinski definition) is 6. The highest BCUT2D eigenvalue weighted by Gasteiger charge is 2.34. The molecule has 0 unspecified atom stereocenters. The van der Waals surface area contributed by atoms with Crippen molar-refractivity contribution >= 4 is 43.5 Å². The van der Waals surface area contributed by atoms with Gasteiger partial charge in [0.15, 0.2) is 11.5 Å². The van der Waals surface area contributed by atoms with E-state index in [1.54, 1.807) is 19.1 Å². The topological polar surface area (TPSA) is 105 Å². The number of nitrogens with one attached hydrogen (secondary N) is 1. The molecule has 9 nitrogen and oxygen atoms in total. The first-order valence-electron chi connectivity index (χ1n) is 13.0. The Hall–Kier alpha value is -3.64. The summed E-state index contributed by atoms with van der Waals surface area (Å²) in [4.78, 5) is 28.3. The van der Waals surface area contributed by atoms with Crippen LogP contribution in [0.15, 0.2) is 76.1 Å². The number of halogens is 2. The smallest absolute Gasteiger partial charge is 0.264 e. The van der Waals surface area contributed by atoms with Gasteiger partial charge in [0.05, 0.1) is 24.8 Å². The first-order chi connectivity index (χ1) is 19.7. The summed E-state index contributed by atoms with van der Waals surface area (Å²) < 4.78 is 54.0. The van der Waals surface area contributed by atoms with Crippen molar-refractivity contribution in [3.05, 3.63) is 82.6 Å². The third kappa shape index (κ3) is 8.22. The normalized spacial score (nSPS) is 12.3. The van der Waals surface area contributed by atoms with Gasteiger partial charge < -0.3 is 19.7 Å². The predicted octanol–water partition coefficient (Wildman–Crippen LogP) is 5.13. The third-order valence-corrected chi connectivity index (χ3v) is 8.51. The van der Waals surface area contributed by atoms with Gasteiger partial charge in [0.1, 0.15) is 18.4 Å². The van der Waals surface area contributed by atoms with E-state index in [-0.39, 0.29) is 22.9 Å². The second-order valence-electron chi connectivity index (χ2n) is 10.6. The van der Waals surface area contributed by atoms with Crippen LogP contribution in [0.25, 0.3) is 0 Å². The molecule has 1 N–H and O–H groups in total. The van der Waals surface area contributed by atoms with E-state index >= 15 is 0 Å². The van der Waals surface area contributed by atoms with Crippen LogP contribution in [0.5, 0.6) is 11.5 Å². The Kier molecular flexibility index (Phi) is 10.6. The predicted molar refractivity (Wildman–Crippen MR) is 163 cm³/mol. The van der Waals surface area contributed by atoms with Crippen molar-refractivity contribution in [3.63, 3.8) is 0 Å². The summed E-state index contributed by atoms with van der Waals surface area (Å²) in [5.74, 6) is -1.12. The number of carbonyl (C=O) groups is 2. The van der Waals surface area contributed by atoms with Crippen molar-refractivity contribution in [2.24, 2.45) is 0 Å². The van der Waals surface area contributed by atoms with E-state index in [1.807, 2.05) is 32.9 Å². The van der Waals surface area contributed by atoms with Crippen molar-refractivity contribution in [1.29, 1.82) is 0 Å². The lowest BCUT2D eigenvalue weighted by molar-refractivity contribution is -0.140. The number of rotatable bonds is 11. The number of amides is 2. The molecular weight excluding hydrogens is 629 g/mol. The first kappa shape index (κ1) is 32.9. The molecule has 0 aliphatic rings. The highest BCUT2D eigenvalue weighted by atomic mass is 79.9. The minimum Gasteiger partial charge on any atom is -0.493 e. The highest BCUT2D eigenvalue weighted by molar-refractivity contribution is 9.10. The van der Waals surface area contributed by atoms with Gasteiger partial charge in [-0.05, 0) is 81.8 Å². The molecule has 3 aromatic carbocycles. The zero-order valence-corrected chi connectivity index (χ0v) is 26.8. The van der Waals surface area contributed by atoms with E-state index in [4.69, 9.17) is 9.47 Å². The summed E-state index contributed by atoms with van der Waals surface area (Å²) in [6, 6.07) is 15.1. The monoisotopic (exact) mass is 663 g/mol. The molecule has 42 heavy (non-hydrogen) atoms. The third-order valence-electron chi connectivity index (χ3n) is 6.24. The van der Waals surface area contributed by atoms with Crippen molar-refractivity contribution in [2.75, 3.05) is 25.1 Å². The lowest BCUT2D eigenvalue weighted by atomic mass is 10.1. The van der Waals surface area contributed by atoms with Crippen molar-refractivity contribution < 1.29 is 31.9 Å². The van der Waals surface area contributed by atoms with Crippen LogP contribution in [-0.4, -0.2) is 57.5 Å². The Morgan fingerprint density at radius 3 is 2.19 bits per heavy atom. The van der Waals surface area contributed by atoms with Crippen LogP contribution in [0.4, 0.5) is 10.1 Å². The van der Waals surface area contributed by atoms with Gasteiger partial charge in [-0.3, -0.25) is 13.9 Å². The molecule has 1 atom stereocenters. The number of ether oxygens (including phenoxy) is 2. The maximum atomic E-state index is 14.0. The number of carbonyl (C=O) groups excluding carboxylic acids is 2. The number of benzene rings is 3. The molecule has 0 aliphatic carbocycles. The molecule has 0 heterocycles. The lowest BCUT2D eigenvalue weighted by Crippen LogP contribution is -2.54. The Bertz CT molecular complexity index is 1530. The van der Waals surface area contributed by atoms with Gasteiger partial charge in [0, 0.05) is 22.6 Å². The Balaban J connectivity index is 2.08. The summed E-state index contributed by atoms with van der Waals surface area (Å²) in [6.07, 6.45) is 0. The highest BCUT2D eigenvalue weighted by Crippen LogP contribution is 2.32. The van der Waals surface area contributed by atoms with E-state index < -0.39 is 45.8 Å². The lowest BCUT2D eigenvalue weighted by Gasteiger charge is -2.33. The maximum Gasteiger partial charge on any atom is 0.264 e. The molecule has 12 heteroatoms. The average Bonchev–Trinajstić information content (AvgIpc) is 2.93. The van der Waals surface area contributed by atoms with Crippen LogP contribution in [0.2, 0.25) is 0 Å². The zero-order valence-electron chi connectivity index (χ0n) is 24.4. The second kappa shape index (κ2) is 13.6. The van der Waals surface area contributed by atoms with E-state index in [9.17, 15) is 22.4 Å². The van der Waals surface area contributed by atoms with Crippen LogP contribution in [0.3, 0.4) is 0 Å². The molecule has 0 saturated carbocycles.